The van der Waals surface area contributed by atoms with Gasteiger partial charge in [0.2, 0.25) is 0 Å². The highest BCUT2D eigenvalue weighted by molar-refractivity contribution is 5.44. The molecule has 1 rings (SSSR count). The van der Waals surface area contributed by atoms with Crippen LogP contribution in [-0.2, 0) is 0 Å². The van der Waals surface area contributed by atoms with Gasteiger partial charge in [-0.1, -0.05) is 25.8 Å². The van der Waals surface area contributed by atoms with Gasteiger partial charge in [0.1, 0.15) is 0 Å². The molecule has 0 amide bonds. The van der Waals surface area contributed by atoms with E-state index < -0.39 is 0 Å². The van der Waals surface area contributed by atoms with Gasteiger partial charge < -0.3 is 20.9 Å². The minimum Gasteiger partial charge on any atom is -0.493 e. The van der Waals surface area contributed by atoms with Crippen LogP contribution in [-0.4, -0.2) is 26.8 Å². The number of benzene rings is 1. The van der Waals surface area contributed by atoms with E-state index in [2.05, 4.69) is 6.92 Å². The maximum atomic E-state index is 6.26. The van der Waals surface area contributed by atoms with Crippen molar-refractivity contribution in [2.75, 3.05) is 20.8 Å². The van der Waals surface area contributed by atoms with Crippen LogP contribution in [0.15, 0.2) is 18.2 Å². The summed E-state index contributed by atoms with van der Waals surface area (Å²) in [5.74, 6) is 1.61. The Hall–Kier alpha value is -1.26. The van der Waals surface area contributed by atoms with Gasteiger partial charge in [0.05, 0.1) is 14.2 Å². The van der Waals surface area contributed by atoms with Crippen molar-refractivity contribution >= 4 is 0 Å². The summed E-state index contributed by atoms with van der Waals surface area (Å²) in [6, 6.07) is 5.99. The zero-order valence-electron chi connectivity index (χ0n) is 12.2. The summed E-state index contributed by atoms with van der Waals surface area (Å²) >= 11 is 0. The Morgan fingerprint density at radius 3 is 2.37 bits per heavy atom. The van der Waals surface area contributed by atoms with Crippen molar-refractivity contribution in [2.24, 2.45) is 11.5 Å². The monoisotopic (exact) mass is 266 g/mol. The van der Waals surface area contributed by atoms with Gasteiger partial charge in [-0.2, -0.15) is 0 Å². The Labute approximate surface area is 116 Å². The van der Waals surface area contributed by atoms with E-state index in [1.54, 1.807) is 14.2 Å². The van der Waals surface area contributed by atoms with Crippen molar-refractivity contribution in [3.8, 4) is 11.5 Å². The molecule has 0 fully saturated rings. The maximum Gasteiger partial charge on any atom is 0.160 e. The van der Waals surface area contributed by atoms with Gasteiger partial charge in [-0.15, -0.1) is 0 Å². The summed E-state index contributed by atoms with van der Waals surface area (Å²) in [5, 5.41) is 0. The number of methoxy groups -OCH3 is 2. The fourth-order valence-corrected chi connectivity index (χ4v) is 2.28. The predicted molar refractivity (Wildman–Crippen MR) is 78.8 cm³/mol. The third kappa shape index (κ3) is 4.11. The van der Waals surface area contributed by atoms with E-state index in [0.29, 0.717) is 6.54 Å². The van der Waals surface area contributed by atoms with Crippen LogP contribution in [0.4, 0.5) is 0 Å². The molecule has 0 aliphatic rings. The van der Waals surface area contributed by atoms with Crippen LogP contribution >= 0.6 is 0 Å². The van der Waals surface area contributed by atoms with E-state index in [0.717, 1.165) is 36.3 Å². The minimum atomic E-state index is 0.0862. The molecule has 4 N–H and O–H groups in total. The van der Waals surface area contributed by atoms with Crippen molar-refractivity contribution in [2.45, 2.75) is 38.1 Å². The van der Waals surface area contributed by atoms with E-state index in [9.17, 15) is 0 Å². The number of hydrogen-bond acceptors (Lipinski definition) is 4. The number of rotatable bonds is 8. The first-order valence-corrected chi connectivity index (χ1v) is 6.85. The molecule has 0 saturated carbocycles. The molecule has 2 atom stereocenters. The van der Waals surface area contributed by atoms with Crippen LogP contribution in [0.2, 0.25) is 0 Å². The summed E-state index contributed by atoms with van der Waals surface area (Å²) in [6.45, 7) is 2.71. The average Bonchev–Trinajstić information content (AvgIpc) is 2.45. The van der Waals surface area contributed by atoms with Crippen molar-refractivity contribution in [3.63, 3.8) is 0 Å². The lowest BCUT2D eigenvalue weighted by molar-refractivity contribution is 0.353. The summed E-state index contributed by atoms with van der Waals surface area (Å²) in [4.78, 5) is 0. The topological polar surface area (TPSA) is 70.5 Å². The number of unbranched alkanes of at least 4 members (excludes halogenated alkanes) is 1. The molecule has 4 nitrogen and oxygen atoms in total. The van der Waals surface area contributed by atoms with Crippen LogP contribution in [0.25, 0.3) is 0 Å². The second-order valence-electron chi connectivity index (χ2n) is 4.76. The molecule has 0 heterocycles. The van der Waals surface area contributed by atoms with Gasteiger partial charge in [0.25, 0.3) is 0 Å². The van der Waals surface area contributed by atoms with Crippen LogP contribution < -0.4 is 20.9 Å². The summed E-state index contributed by atoms with van der Waals surface area (Å²) in [7, 11) is 3.26. The molecule has 1 aromatic rings. The van der Waals surface area contributed by atoms with Crippen molar-refractivity contribution in [3.05, 3.63) is 23.8 Å². The SMILES string of the molecule is CCCCC(N)C(CN)c1ccc(OC)c(OC)c1. The fourth-order valence-electron chi connectivity index (χ4n) is 2.28. The van der Waals surface area contributed by atoms with Gasteiger partial charge in [-0.25, -0.2) is 0 Å². The standard InChI is InChI=1S/C15H26N2O2/c1-4-5-6-13(17)12(10-16)11-7-8-14(18-2)15(9-11)19-3/h7-9,12-13H,4-6,10,16-17H2,1-3H3. The lowest BCUT2D eigenvalue weighted by atomic mass is 9.89. The van der Waals surface area contributed by atoms with Crippen LogP contribution in [0.1, 0.15) is 37.7 Å². The highest BCUT2D eigenvalue weighted by Crippen LogP contribution is 2.31. The summed E-state index contributed by atoms with van der Waals surface area (Å²) in [5.41, 5.74) is 13.3. The second-order valence-corrected chi connectivity index (χ2v) is 4.76. The van der Waals surface area contributed by atoms with Gasteiger partial charge in [0, 0.05) is 18.5 Å². The minimum absolute atomic E-state index is 0.0862. The Morgan fingerprint density at radius 2 is 1.84 bits per heavy atom. The third-order valence-electron chi connectivity index (χ3n) is 3.50. The zero-order valence-corrected chi connectivity index (χ0v) is 12.2. The molecule has 19 heavy (non-hydrogen) atoms. The molecule has 0 spiro atoms. The van der Waals surface area contributed by atoms with Crippen LogP contribution in [0.5, 0.6) is 11.5 Å². The Balaban J connectivity index is 2.91. The third-order valence-corrected chi connectivity index (χ3v) is 3.50. The highest BCUT2D eigenvalue weighted by atomic mass is 16.5. The molecular weight excluding hydrogens is 240 g/mol. The molecular formula is C15H26N2O2. The van der Waals surface area contributed by atoms with Crippen molar-refractivity contribution < 1.29 is 9.47 Å². The first-order valence-electron chi connectivity index (χ1n) is 6.85. The van der Waals surface area contributed by atoms with Gasteiger partial charge in [-0.3, -0.25) is 0 Å². The first kappa shape index (κ1) is 15.8. The van der Waals surface area contributed by atoms with E-state index in [1.165, 1.54) is 0 Å². The molecule has 0 aromatic heterocycles. The lowest BCUT2D eigenvalue weighted by Gasteiger charge is -2.23. The molecule has 0 saturated heterocycles. The molecule has 0 aliphatic heterocycles. The fraction of sp³-hybridized carbons (Fsp3) is 0.600. The number of nitrogens with two attached hydrogens (primary N) is 2. The molecule has 0 bridgehead atoms. The lowest BCUT2D eigenvalue weighted by Crippen LogP contribution is -2.33. The Bertz CT molecular complexity index is 382. The van der Waals surface area contributed by atoms with Crippen LogP contribution in [0, 0.1) is 0 Å². The smallest absolute Gasteiger partial charge is 0.160 e. The van der Waals surface area contributed by atoms with Crippen molar-refractivity contribution in [1.82, 2.24) is 0 Å². The quantitative estimate of drug-likeness (QED) is 0.757. The maximum absolute atomic E-state index is 6.26. The Morgan fingerprint density at radius 1 is 1.16 bits per heavy atom. The summed E-state index contributed by atoms with van der Waals surface area (Å²) in [6.07, 6.45) is 3.27. The molecule has 4 heteroatoms. The predicted octanol–water partition coefficient (Wildman–Crippen LogP) is 2.26. The second kappa shape index (κ2) is 8.02. The summed E-state index contributed by atoms with van der Waals surface area (Å²) < 4.78 is 10.6. The van der Waals surface area contributed by atoms with Crippen LogP contribution in [0.3, 0.4) is 0 Å². The largest absolute Gasteiger partial charge is 0.493 e. The zero-order chi connectivity index (χ0) is 14.3. The molecule has 2 unspecified atom stereocenters. The number of ether oxygens (including phenoxy) is 2. The van der Waals surface area contributed by atoms with Gasteiger partial charge >= 0.3 is 0 Å². The van der Waals surface area contributed by atoms with E-state index in [4.69, 9.17) is 20.9 Å². The Kier molecular flexibility index (Phi) is 6.67. The molecule has 1 aromatic carbocycles. The van der Waals surface area contributed by atoms with Crippen molar-refractivity contribution in [1.29, 1.82) is 0 Å². The van der Waals surface area contributed by atoms with E-state index in [1.807, 2.05) is 18.2 Å². The first-order chi connectivity index (χ1) is 9.17. The molecule has 0 aliphatic carbocycles. The molecule has 0 radical (unpaired) electrons. The van der Waals surface area contributed by atoms with E-state index >= 15 is 0 Å². The molecule has 108 valence electrons. The van der Waals surface area contributed by atoms with E-state index in [-0.39, 0.29) is 12.0 Å². The number of hydrogen-bond donors (Lipinski definition) is 2. The highest BCUT2D eigenvalue weighted by Gasteiger charge is 2.19. The van der Waals surface area contributed by atoms with Gasteiger partial charge in [-0.05, 0) is 24.1 Å². The van der Waals surface area contributed by atoms with Gasteiger partial charge in [0.15, 0.2) is 11.5 Å². The normalized spacial score (nSPS) is 13.9. The average molecular weight is 266 g/mol.